The highest BCUT2D eigenvalue weighted by Crippen LogP contribution is 2.67. The quantitative estimate of drug-likeness (QED) is 0.172. The number of aryl methyl sites for hydroxylation is 2. The Bertz CT molecular complexity index is 1260. The van der Waals surface area contributed by atoms with Crippen LogP contribution in [0.3, 0.4) is 0 Å². The average Bonchev–Trinajstić information content (AvgIpc) is 3.41. The second-order valence-corrected chi connectivity index (χ2v) is 17.0. The number of fused-ring (bicyclic) bond motifs is 5. The van der Waals surface area contributed by atoms with Gasteiger partial charge in [0.1, 0.15) is 6.10 Å². The van der Waals surface area contributed by atoms with E-state index in [4.69, 9.17) is 4.74 Å². The molecular weight excluding hydrogens is 578 g/mol. The van der Waals surface area contributed by atoms with Gasteiger partial charge in [-0.05, 0) is 128 Å². The van der Waals surface area contributed by atoms with E-state index in [0.29, 0.717) is 5.41 Å². The van der Waals surface area contributed by atoms with E-state index in [1.54, 1.807) is 5.57 Å². The van der Waals surface area contributed by atoms with Crippen molar-refractivity contribution in [2.45, 2.75) is 158 Å². The van der Waals surface area contributed by atoms with Crippen LogP contribution >= 0.6 is 0 Å². The van der Waals surface area contributed by atoms with Crippen LogP contribution in [0.25, 0.3) is 0 Å². The highest BCUT2D eigenvalue weighted by Gasteiger charge is 2.59. The first-order valence-electron chi connectivity index (χ1n) is 19.7. The van der Waals surface area contributed by atoms with Crippen LogP contribution in [0, 0.1) is 52.3 Å². The summed E-state index contributed by atoms with van der Waals surface area (Å²) in [7, 11) is 0. The van der Waals surface area contributed by atoms with Gasteiger partial charge in [0.25, 0.3) is 0 Å². The summed E-state index contributed by atoms with van der Waals surface area (Å²) in [4.78, 5) is 25.8. The Labute approximate surface area is 287 Å². The van der Waals surface area contributed by atoms with E-state index >= 15 is 0 Å². The molecule has 9 atom stereocenters. The number of hydrogen-bond donors (Lipinski definition) is 1. The number of rotatable bonds is 13. The highest BCUT2D eigenvalue weighted by atomic mass is 16.5. The van der Waals surface area contributed by atoms with E-state index < -0.39 is 0 Å². The molecule has 1 amide bonds. The molecule has 0 aliphatic heterocycles. The number of benzene rings is 1. The summed E-state index contributed by atoms with van der Waals surface area (Å²) in [5.74, 6) is 5.46. The van der Waals surface area contributed by atoms with E-state index in [2.05, 4.69) is 85.0 Å². The van der Waals surface area contributed by atoms with Gasteiger partial charge in [-0.25, -0.2) is 0 Å². The molecule has 0 unspecified atom stereocenters. The molecule has 3 saturated carbocycles. The number of hydrogen-bond acceptors (Lipinski definition) is 3. The maximum atomic E-state index is 12.9. The molecule has 4 aliphatic rings. The molecular formula is C43H67NO3. The molecule has 3 fully saturated rings. The van der Waals surface area contributed by atoms with Crippen LogP contribution in [0.5, 0.6) is 0 Å². The Morgan fingerprint density at radius 1 is 0.915 bits per heavy atom. The van der Waals surface area contributed by atoms with Gasteiger partial charge in [0.05, 0.1) is 6.42 Å². The molecule has 1 aromatic rings. The largest absolute Gasteiger partial charge is 0.462 e. The molecule has 0 heterocycles. The Hall–Kier alpha value is -2.10. The van der Waals surface area contributed by atoms with Crippen molar-refractivity contribution in [1.82, 2.24) is 0 Å². The Morgan fingerprint density at radius 3 is 2.30 bits per heavy atom. The van der Waals surface area contributed by atoms with Crippen LogP contribution in [0.15, 0.2) is 29.8 Å². The number of nitrogens with one attached hydrogen (secondary N) is 1. The monoisotopic (exact) mass is 646 g/mol. The molecule has 0 aromatic heterocycles. The Kier molecular flexibility index (Phi) is 11.7. The van der Waals surface area contributed by atoms with E-state index in [1.807, 2.05) is 0 Å². The third kappa shape index (κ3) is 7.42. The van der Waals surface area contributed by atoms with E-state index in [1.165, 1.54) is 51.4 Å². The van der Waals surface area contributed by atoms with Crippen molar-refractivity contribution in [3.63, 3.8) is 0 Å². The summed E-state index contributed by atoms with van der Waals surface area (Å²) >= 11 is 0. The van der Waals surface area contributed by atoms with Crippen molar-refractivity contribution in [1.29, 1.82) is 0 Å². The third-order valence-electron chi connectivity index (χ3n) is 14.4. The molecule has 4 heteroatoms. The van der Waals surface area contributed by atoms with Gasteiger partial charge < -0.3 is 10.1 Å². The minimum atomic E-state index is -0.235. The zero-order valence-corrected chi connectivity index (χ0v) is 31.3. The topological polar surface area (TPSA) is 55.4 Å². The second-order valence-electron chi connectivity index (χ2n) is 17.0. The molecule has 0 saturated heterocycles. The number of esters is 1. The van der Waals surface area contributed by atoms with Crippen LogP contribution in [0.4, 0.5) is 5.69 Å². The number of carbonyl (C=O) groups excluding carboxylic acids is 2. The fourth-order valence-corrected chi connectivity index (χ4v) is 11.5. The lowest BCUT2D eigenvalue weighted by Gasteiger charge is -2.58. The first-order chi connectivity index (χ1) is 22.4. The van der Waals surface area contributed by atoms with Crippen molar-refractivity contribution in [3.8, 4) is 0 Å². The van der Waals surface area contributed by atoms with Gasteiger partial charge in [-0.2, -0.15) is 0 Å². The van der Waals surface area contributed by atoms with Crippen molar-refractivity contribution >= 4 is 17.6 Å². The van der Waals surface area contributed by atoms with Crippen molar-refractivity contribution < 1.29 is 14.3 Å². The summed E-state index contributed by atoms with van der Waals surface area (Å²) in [6.45, 7) is 19.2. The number of ether oxygens (including phenoxy) is 1. The molecule has 1 aromatic carbocycles. The molecule has 262 valence electrons. The van der Waals surface area contributed by atoms with Crippen molar-refractivity contribution in [2.75, 3.05) is 5.32 Å². The van der Waals surface area contributed by atoms with E-state index in [-0.39, 0.29) is 36.2 Å². The summed E-state index contributed by atoms with van der Waals surface area (Å²) in [6.07, 6.45) is 18.4. The summed E-state index contributed by atoms with van der Waals surface area (Å²) in [6, 6.07) is 6.18. The van der Waals surface area contributed by atoms with E-state index in [9.17, 15) is 9.59 Å². The number of amides is 1. The molecule has 1 N–H and O–H groups in total. The van der Waals surface area contributed by atoms with Gasteiger partial charge in [-0.15, -0.1) is 0 Å². The van der Waals surface area contributed by atoms with Crippen LogP contribution in [-0.4, -0.2) is 18.0 Å². The van der Waals surface area contributed by atoms with Crippen LogP contribution in [-0.2, 0) is 27.2 Å². The fraction of sp³-hybridized carbons (Fsp3) is 0.767. The molecule has 5 rings (SSSR count). The van der Waals surface area contributed by atoms with Gasteiger partial charge in [0.15, 0.2) is 0 Å². The first kappa shape index (κ1) is 36.2. The zero-order valence-electron chi connectivity index (χ0n) is 31.3. The minimum absolute atomic E-state index is 0.0581. The van der Waals surface area contributed by atoms with Crippen LogP contribution < -0.4 is 5.32 Å². The zero-order chi connectivity index (χ0) is 33.9. The maximum absolute atomic E-state index is 12.9. The number of anilines is 1. The fourth-order valence-electron chi connectivity index (χ4n) is 11.5. The third-order valence-corrected chi connectivity index (χ3v) is 14.4. The van der Waals surface area contributed by atoms with Crippen LogP contribution in [0.1, 0.15) is 150 Å². The minimum Gasteiger partial charge on any atom is -0.462 e. The van der Waals surface area contributed by atoms with Gasteiger partial charge in [-0.3, -0.25) is 9.59 Å². The summed E-state index contributed by atoms with van der Waals surface area (Å²) in [5, 5.41) is 3.10. The van der Waals surface area contributed by atoms with Crippen LogP contribution in [0.2, 0.25) is 0 Å². The van der Waals surface area contributed by atoms with E-state index in [0.717, 1.165) is 90.3 Å². The number of allylic oxidation sites excluding steroid dienone is 1. The lowest BCUT2D eigenvalue weighted by Crippen LogP contribution is -2.51. The van der Waals surface area contributed by atoms with Gasteiger partial charge in [0, 0.05) is 18.5 Å². The summed E-state index contributed by atoms with van der Waals surface area (Å²) < 4.78 is 6.04. The SMILES string of the molecule is CCc1cccc(CC)c1NC(=O)CCC(=O)O[C@H]1CC[C@@]2(C)C(=CC[C@H]3[C@@H]4CC[C@H]([C@H](C)CC[C@@H](CC)C(C)C)[C@@]4(C)CC[C@@H]32)C1. The molecule has 4 aliphatic carbocycles. The lowest BCUT2D eigenvalue weighted by atomic mass is 9.47. The molecule has 47 heavy (non-hydrogen) atoms. The number of para-hydroxylation sites is 1. The van der Waals surface area contributed by atoms with Crippen molar-refractivity contribution in [3.05, 3.63) is 41.0 Å². The number of carbonyl (C=O) groups is 2. The van der Waals surface area contributed by atoms with Crippen molar-refractivity contribution in [2.24, 2.45) is 52.3 Å². The molecule has 0 radical (unpaired) electrons. The standard InChI is InChI=1S/C43H67NO3/c1-9-30(28(4)5)16-15-29(6)36-19-20-37-35-18-17-33-27-34(23-25-42(33,7)38(35)24-26-43(36,37)8)47-40(46)22-21-39(45)44-41-31(10-2)13-12-14-32(41)11-3/h12-14,17,28-30,34-38H,9-11,15-16,18-27H2,1-8H3,(H,44,45)/t29-,30-,34+,35+,36-,37+,38+,42+,43-/m1/s1. The van der Waals surface area contributed by atoms with Gasteiger partial charge in [-0.1, -0.05) is 98.1 Å². The predicted molar refractivity (Wildman–Crippen MR) is 195 cm³/mol. The second kappa shape index (κ2) is 15.2. The Balaban J connectivity index is 1.15. The molecule has 4 nitrogen and oxygen atoms in total. The molecule has 0 bridgehead atoms. The van der Waals surface area contributed by atoms with Gasteiger partial charge >= 0.3 is 5.97 Å². The normalized spacial score (nSPS) is 32.9. The first-order valence-corrected chi connectivity index (χ1v) is 19.7. The highest BCUT2D eigenvalue weighted by molar-refractivity contribution is 5.94. The van der Waals surface area contributed by atoms with Gasteiger partial charge in [0.2, 0.25) is 5.91 Å². The maximum Gasteiger partial charge on any atom is 0.306 e. The molecule has 0 spiro atoms. The Morgan fingerprint density at radius 2 is 1.64 bits per heavy atom. The summed E-state index contributed by atoms with van der Waals surface area (Å²) in [5.41, 5.74) is 5.49. The predicted octanol–water partition coefficient (Wildman–Crippen LogP) is 11.1. The smallest absolute Gasteiger partial charge is 0.306 e. The lowest BCUT2D eigenvalue weighted by molar-refractivity contribution is -0.152. The average molecular weight is 646 g/mol.